The highest BCUT2D eigenvalue weighted by atomic mass is 35.5. The summed E-state index contributed by atoms with van der Waals surface area (Å²) >= 11 is 0. The minimum Gasteiger partial charge on any atom is -0.349 e. The minimum absolute atomic E-state index is 0. The fourth-order valence-electron chi connectivity index (χ4n) is 1.31. The Bertz CT molecular complexity index is 342. The van der Waals surface area contributed by atoms with E-state index in [9.17, 15) is 13.2 Å². The lowest BCUT2D eigenvalue weighted by Gasteiger charge is -2.24. The second kappa shape index (κ2) is 8.72. The van der Waals surface area contributed by atoms with Gasteiger partial charge in [0, 0.05) is 12.1 Å². The Balaban J connectivity index is 0. The smallest absolute Gasteiger partial charge is 0.235 e. The van der Waals surface area contributed by atoms with Gasteiger partial charge in [-0.15, -0.1) is 12.4 Å². The molecule has 0 aromatic rings. The molecule has 1 amide bonds. The van der Waals surface area contributed by atoms with Crippen LogP contribution in [0.1, 0.15) is 40.0 Å². The summed E-state index contributed by atoms with van der Waals surface area (Å²) in [5.41, 5.74) is 4.89. The van der Waals surface area contributed by atoms with Crippen LogP contribution in [0, 0.1) is 0 Å². The van der Waals surface area contributed by atoms with E-state index in [1.165, 1.54) is 0 Å². The normalized spacial score (nSPS) is 11.8. The molecule has 0 unspecified atom stereocenters. The number of carbonyl (C=O) groups excluding carboxylic acids is 1. The number of carbonyl (C=O) groups is 1. The zero-order valence-electron chi connectivity index (χ0n) is 11.4. The first kappa shape index (κ1) is 20.0. The number of hydrogen-bond donors (Lipinski definition) is 2. The lowest BCUT2D eigenvalue weighted by molar-refractivity contribution is -0.120. The average molecular weight is 301 g/mol. The molecule has 0 radical (unpaired) electrons. The summed E-state index contributed by atoms with van der Waals surface area (Å²) in [5.74, 6) is -0.839. The van der Waals surface area contributed by atoms with Crippen molar-refractivity contribution in [3.8, 4) is 0 Å². The van der Waals surface area contributed by atoms with Crippen molar-refractivity contribution in [3.05, 3.63) is 0 Å². The van der Waals surface area contributed by atoms with Crippen LogP contribution in [-0.4, -0.2) is 37.9 Å². The molecule has 5 nitrogen and oxygen atoms in total. The van der Waals surface area contributed by atoms with Crippen LogP contribution in [0.3, 0.4) is 0 Å². The summed E-state index contributed by atoms with van der Waals surface area (Å²) in [6.07, 6.45) is 2.45. The van der Waals surface area contributed by atoms with Gasteiger partial charge in [-0.05, 0) is 20.3 Å². The molecule has 110 valence electrons. The monoisotopic (exact) mass is 300 g/mol. The highest BCUT2D eigenvalue weighted by Gasteiger charge is 2.22. The van der Waals surface area contributed by atoms with Crippen molar-refractivity contribution in [2.45, 2.75) is 45.6 Å². The summed E-state index contributed by atoms with van der Waals surface area (Å²) in [6.45, 7) is 5.79. The third-order valence-corrected chi connectivity index (χ3v) is 4.01. The van der Waals surface area contributed by atoms with E-state index in [2.05, 4.69) is 5.32 Å². The van der Waals surface area contributed by atoms with Gasteiger partial charge in [0.2, 0.25) is 5.91 Å². The molecule has 0 bridgehead atoms. The first-order valence-electron chi connectivity index (χ1n) is 5.94. The molecule has 0 rings (SSSR count). The zero-order valence-corrected chi connectivity index (χ0v) is 13.0. The van der Waals surface area contributed by atoms with E-state index in [1.807, 2.05) is 6.92 Å². The molecule has 0 spiro atoms. The summed E-state index contributed by atoms with van der Waals surface area (Å²) in [7, 11) is -3.29. The first-order valence-corrected chi connectivity index (χ1v) is 7.76. The van der Waals surface area contributed by atoms with Crippen molar-refractivity contribution < 1.29 is 13.2 Å². The highest BCUT2D eigenvalue weighted by Crippen LogP contribution is 2.02. The van der Waals surface area contributed by atoms with Crippen LogP contribution in [0.4, 0.5) is 0 Å². The van der Waals surface area contributed by atoms with Crippen LogP contribution in [-0.2, 0) is 14.6 Å². The Morgan fingerprint density at radius 1 is 1.28 bits per heavy atom. The maximum atomic E-state index is 11.6. The van der Waals surface area contributed by atoms with Crippen molar-refractivity contribution in [1.29, 1.82) is 0 Å². The van der Waals surface area contributed by atoms with Crippen molar-refractivity contribution in [1.82, 2.24) is 5.32 Å². The standard InChI is InChI=1S/C11H24N2O3S.ClH/c1-4-5-6-7-17(15,16)8-10(14)13-11(2,3)9-12;/h4-9,12H2,1-3H3,(H,13,14);1H. The van der Waals surface area contributed by atoms with Crippen LogP contribution in [0.15, 0.2) is 0 Å². The molecule has 0 aromatic heterocycles. The van der Waals surface area contributed by atoms with Gasteiger partial charge in [-0.2, -0.15) is 0 Å². The van der Waals surface area contributed by atoms with Gasteiger partial charge in [-0.1, -0.05) is 19.8 Å². The molecular formula is C11H25ClN2O3S. The molecule has 0 aliphatic heterocycles. The molecule has 18 heavy (non-hydrogen) atoms. The third kappa shape index (κ3) is 9.67. The van der Waals surface area contributed by atoms with Crippen LogP contribution < -0.4 is 11.1 Å². The number of halogens is 1. The molecular weight excluding hydrogens is 276 g/mol. The predicted molar refractivity (Wildman–Crippen MR) is 76.7 cm³/mol. The second-order valence-electron chi connectivity index (χ2n) is 4.94. The van der Waals surface area contributed by atoms with E-state index in [0.717, 1.165) is 12.8 Å². The summed E-state index contributed by atoms with van der Waals surface area (Å²) in [5, 5.41) is 2.61. The third-order valence-electron chi connectivity index (χ3n) is 2.40. The van der Waals surface area contributed by atoms with Crippen molar-refractivity contribution >= 4 is 28.2 Å². The Morgan fingerprint density at radius 2 is 1.83 bits per heavy atom. The van der Waals surface area contributed by atoms with Crippen LogP contribution >= 0.6 is 12.4 Å². The molecule has 0 aliphatic rings. The molecule has 3 N–H and O–H groups in total. The number of nitrogens with one attached hydrogen (secondary N) is 1. The van der Waals surface area contributed by atoms with Gasteiger partial charge in [-0.3, -0.25) is 4.79 Å². The van der Waals surface area contributed by atoms with E-state index in [-0.39, 0.29) is 24.7 Å². The fourth-order valence-corrected chi connectivity index (χ4v) is 2.57. The Labute approximate surface area is 116 Å². The molecule has 7 heteroatoms. The topological polar surface area (TPSA) is 89.3 Å². The second-order valence-corrected chi connectivity index (χ2v) is 7.12. The molecule has 0 atom stereocenters. The number of nitrogens with two attached hydrogens (primary N) is 1. The highest BCUT2D eigenvalue weighted by molar-refractivity contribution is 7.92. The lowest BCUT2D eigenvalue weighted by atomic mass is 10.1. The summed E-state index contributed by atoms with van der Waals surface area (Å²) < 4.78 is 23.2. The van der Waals surface area contributed by atoms with Crippen molar-refractivity contribution in [3.63, 3.8) is 0 Å². The van der Waals surface area contributed by atoms with Crippen molar-refractivity contribution in [2.75, 3.05) is 18.1 Å². The number of rotatable bonds is 8. The van der Waals surface area contributed by atoms with Gasteiger partial charge < -0.3 is 11.1 Å². The number of sulfone groups is 1. The molecule has 0 saturated heterocycles. The molecule has 0 saturated carbocycles. The maximum Gasteiger partial charge on any atom is 0.235 e. The van der Waals surface area contributed by atoms with E-state index in [4.69, 9.17) is 5.73 Å². The SMILES string of the molecule is CCCCCS(=O)(=O)CC(=O)NC(C)(C)CN.Cl. The summed E-state index contributed by atoms with van der Waals surface area (Å²) in [6, 6.07) is 0. The van der Waals surface area contributed by atoms with Crippen molar-refractivity contribution in [2.24, 2.45) is 5.73 Å². The zero-order chi connectivity index (χ0) is 13.5. The number of amides is 1. The van der Waals surface area contributed by atoms with E-state index in [1.54, 1.807) is 13.8 Å². The molecule has 0 aliphatic carbocycles. The molecule has 0 fully saturated rings. The predicted octanol–water partition coefficient (Wildman–Crippen LogP) is 0.867. The quantitative estimate of drug-likeness (QED) is 0.651. The average Bonchev–Trinajstić information content (AvgIpc) is 2.16. The number of unbranched alkanes of at least 4 members (excludes halogenated alkanes) is 2. The van der Waals surface area contributed by atoms with Crippen LogP contribution in [0.25, 0.3) is 0 Å². The van der Waals surface area contributed by atoms with Gasteiger partial charge in [0.25, 0.3) is 0 Å². The Hall–Kier alpha value is -0.330. The largest absolute Gasteiger partial charge is 0.349 e. The van der Waals surface area contributed by atoms with Gasteiger partial charge in [-0.25, -0.2) is 8.42 Å². The van der Waals surface area contributed by atoms with Crippen LogP contribution in [0.2, 0.25) is 0 Å². The minimum atomic E-state index is -3.29. The van der Waals surface area contributed by atoms with E-state index in [0.29, 0.717) is 6.42 Å². The van der Waals surface area contributed by atoms with Gasteiger partial charge in [0.05, 0.1) is 5.75 Å². The summed E-state index contributed by atoms with van der Waals surface area (Å²) in [4.78, 5) is 11.5. The van der Waals surface area contributed by atoms with Gasteiger partial charge in [0.1, 0.15) is 5.75 Å². The Kier molecular flexibility index (Phi) is 9.68. The Morgan fingerprint density at radius 3 is 2.28 bits per heavy atom. The van der Waals surface area contributed by atoms with Gasteiger partial charge >= 0.3 is 0 Å². The van der Waals surface area contributed by atoms with E-state index >= 15 is 0 Å². The van der Waals surface area contributed by atoms with E-state index < -0.39 is 27.0 Å². The molecule has 0 heterocycles. The van der Waals surface area contributed by atoms with Crippen LogP contribution in [0.5, 0.6) is 0 Å². The molecule has 0 aromatic carbocycles. The first-order chi connectivity index (χ1) is 7.72. The lowest BCUT2D eigenvalue weighted by Crippen LogP contribution is -2.50. The number of hydrogen-bond acceptors (Lipinski definition) is 4. The maximum absolute atomic E-state index is 11.6. The van der Waals surface area contributed by atoms with Gasteiger partial charge in [0.15, 0.2) is 9.84 Å². The fraction of sp³-hybridized carbons (Fsp3) is 0.909.